The molecule has 164 valence electrons. The minimum absolute atomic E-state index is 0.148. The molecule has 0 saturated carbocycles. The molecule has 3 rings (SSSR count). The Bertz CT molecular complexity index is 952. The molecule has 2 aromatic rings. The standard InChI is InChI=1S/C25H30N2O3S/c1-4-6-7-8-15-30-21-14-11-19(16-22(21)29-5-2)17-23-24(28)27-25(31-23)26-20-12-9-18(3)10-13-20/h9-14,16-17H,4-8,15H2,1-3H3,(H,26,27,28)/b23-17+. The second kappa shape index (κ2) is 11.6. The number of ether oxygens (including phenoxy) is 2. The maximum absolute atomic E-state index is 12.4. The summed E-state index contributed by atoms with van der Waals surface area (Å²) in [4.78, 5) is 17.5. The first kappa shape index (κ1) is 22.9. The Morgan fingerprint density at radius 3 is 2.55 bits per heavy atom. The molecule has 0 spiro atoms. The largest absolute Gasteiger partial charge is 0.490 e. The van der Waals surface area contributed by atoms with Crippen molar-refractivity contribution in [1.29, 1.82) is 0 Å². The zero-order chi connectivity index (χ0) is 22.1. The maximum atomic E-state index is 12.4. The van der Waals surface area contributed by atoms with Gasteiger partial charge in [0.25, 0.3) is 5.91 Å². The molecule has 0 aliphatic carbocycles. The highest BCUT2D eigenvalue weighted by Crippen LogP contribution is 2.32. The Morgan fingerprint density at radius 1 is 1.00 bits per heavy atom. The summed E-state index contributed by atoms with van der Waals surface area (Å²) in [6.07, 6.45) is 6.49. The molecular weight excluding hydrogens is 408 g/mol. The van der Waals surface area contributed by atoms with E-state index >= 15 is 0 Å². The van der Waals surface area contributed by atoms with E-state index in [2.05, 4.69) is 17.2 Å². The number of aliphatic imine (C=N–C) groups is 1. The molecule has 1 aliphatic rings. The Hall–Kier alpha value is -2.73. The van der Waals surface area contributed by atoms with Gasteiger partial charge in [0.15, 0.2) is 16.7 Å². The maximum Gasteiger partial charge on any atom is 0.264 e. The minimum atomic E-state index is -0.148. The number of amidine groups is 1. The van der Waals surface area contributed by atoms with Gasteiger partial charge in [0.1, 0.15) is 0 Å². The third-order valence-corrected chi connectivity index (χ3v) is 5.65. The van der Waals surface area contributed by atoms with Crippen LogP contribution in [0.4, 0.5) is 5.69 Å². The van der Waals surface area contributed by atoms with Crippen molar-refractivity contribution in [2.24, 2.45) is 4.99 Å². The van der Waals surface area contributed by atoms with E-state index in [0.29, 0.717) is 29.0 Å². The zero-order valence-corrected chi connectivity index (χ0v) is 19.3. The van der Waals surface area contributed by atoms with E-state index in [4.69, 9.17) is 9.47 Å². The number of aryl methyl sites for hydroxylation is 1. The lowest BCUT2D eigenvalue weighted by molar-refractivity contribution is -0.115. The van der Waals surface area contributed by atoms with E-state index in [1.807, 2.05) is 62.4 Å². The number of carbonyl (C=O) groups is 1. The fourth-order valence-electron chi connectivity index (χ4n) is 3.08. The highest BCUT2D eigenvalue weighted by atomic mass is 32.2. The van der Waals surface area contributed by atoms with E-state index in [0.717, 1.165) is 23.4 Å². The molecule has 6 heteroatoms. The third kappa shape index (κ3) is 6.89. The average molecular weight is 439 g/mol. The van der Waals surface area contributed by atoms with Crippen molar-refractivity contribution in [2.75, 3.05) is 13.2 Å². The molecule has 1 aliphatic heterocycles. The summed E-state index contributed by atoms with van der Waals surface area (Å²) in [5.41, 5.74) is 2.87. The van der Waals surface area contributed by atoms with Crippen LogP contribution in [0.3, 0.4) is 0 Å². The van der Waals surface area contributed by atoms with Gasteiger partial charge in [-0.2, -0.15) is 0 Å². The van der Waals surface area contributed by atoms with Gasteiger partial charge in [-0.1, -0.05) is 49.9 Å². The second-order valence-electron chi connectivity index (χ2n) is 7.37. The summed E-state index contributed by atoms with van der Waals surface area (Å²) in [6, 6.07) is 13.6. The molecule has 0 bridgehead atoms. The molecule has 2 aromatic carbocycles. The van der Waals surface area contributed by atoms with Crippen LogP contribution in [0.1, 0.15) is 50.7 Å². The Morgan fingerprint density at radius 2 is 1.81 bits per heavy atom. The van der Waals surface area contributed by atoms with Crippen molar-refractivity contribution in [3.63, 3.8) is 0 Å². The van der Waals surface area contributed by atoms with Crippen molar-refractivity contribution in [1.82, 2.24) is 5.32 Å². The molecule has 1 N–H and O–H groups in total. The van der Waals surface area contributed by atoms with Crippen LogP contribution in [0.25, 0.3) is 6.08 Å². The molecule has 31 heavy (non-hydrogen) atoms. The van der Waals surface area contributed by atoms with E-state index in [-0.39, 0.29) is 5.91 Å². The van der Waals surface area contributed by atoms with Gasteiger partial charge in [-0.15, -0.1) is 0 Å². The molecule has 0 atom stereocenters. The first-order chi connectivity index (χ1) is 15.1. The molecule has 1 amide bonds. The van der Waals surface area contributed by atoms with Crippen LogP contribution >= 0.6 is 11.8 Å². The molecule has 5 nitrogen and oxygen atoms in total. The van der Waals surface area contributed by atoms with E-state index < -0.39 is 0 Å². The Labute approximate surface area is 188 Å². The number of unbranched alkanes of at least 4 members (excludes halogenated alkanes) is 3. The smallest absolute Gasteiger partial charge is 0.264 e. The van der Waals surface area contributed by atoms with E-state index in [9.17, 15) is 4.79 Å². The number of rotatable bonds is 10. The molecule has 1 fully saturated rings. The Kier molecular flexibility index (Phi) is 8.59. The number of thioether (sulfide) groups is 1. The van der Waals surface area contributed by atoms with Gasteiger partial charge in [-0.05, 0) is 67.9 Å². The van der Waals surface area contributed by atoms with Gasteiger partial charge in [-0.3, -0.25) is 4.79 Å². The van der Waals surface area contributed by atoms with Crippen LogP contribution < -0.4 is 14.8 Å². The number of hydrogen-bond acceptors (Lipinski definition) is 5. The number of nitrogens with one attached hydrogen (secondary N) is 1. The van der Waals surface area contributed by atoms with Gasteiger partial charge in [-0.25, -0.2) is 4.99 Å². The predicted octanol–water partition coefficient (Wildman–Crippen LogP) is 6.24. The lowest BCUT2D eigenvalue weighted by Crippen LogP contribution is -2.19. The highest BCUT2D eigenvalue weighted by molar-refractivity contribution is 8.18. The first-order valence-electron chi connectivity index (χ1n) is 10.8. The van der Waals surface area contributed by atoms with Gasteiger partial charge in [0, 0.05) is 0 Å². The van der Waals surface area contributed by atoms with Crippen LogP contribution in [-0.2, 0) is 4.79 Å². The fourth-order valence-corrected chi connectivity index (χ4v) is 3.92. The number of amides is 1. The highest BCUT2D eigenvalue weighted by Gasteiger charge is 2.24. The van der Waals surface area contributed by atoms with Gasteiger partial charge < -0.3 is 14.8 Å². The summed E-state index contributed by atoms with van der Waals surface area (Å²) in [6.45, 7) is 7.40. The van der Waals surface area contributed by atoms with Crippen LogP contribution in [0.5, 0.6) is 11.5 Å². The quantitative estimate of drug-likeness (QED) is 0.352. The molecule has 0 radical (unpaired) electrons. The SMILES string of the molecule is CCCCCCOc1ccc(/C=C2/SC(=Nc3ccc(C)cc3)NC2=O)cc1OCC. The van der Waals surface area contributed by atoms with E-state index in [1.54, 1.807) is 0 Å². The van der Waals surface area contributed by atoms with Crippen molar-refractivity contribution in [2.45, 2.75) is 46.5 Å². The van der Waals surface area contributed by atoms with Gasteiger partial charge in [0.2, 0.25) is 0 Å². The first-order valence-corrected chi connectivity index (χ1v) is 11.7. The van der Waals surface area contributed by atoms with Crippen LogP contribution in [0.15, 0.2) is 52.4 Å². The molecule has 0 aromatic heterocycles. The van der Waals surface area contributed by atoms with Crippen molar-refractivity contribution < 1.29 is 14.3 Å². The lowest BCUT2D eigenvalue weighted by Gasteiger charge is -2.12. The molecule has 1 heterocycles. The summed E-state index contributed by atoms with van der Waals surface area (Å²) in [5, 5.41) is 3.41. The fraction of sp³-hybridized carbons (Fsp3) is 0.360. The minimum Gasteiger partial charge on any atom is -0.490 e. The summed E-state index contributed by atoms with van der Waals surface area (Å²) >= 11 is 1.34. The second-order valence-corrected chi connectivity index (χ2v) is 8.40. The third-order valence-electron chi connectivity index (χ3n) is 4.74. The van der Waals surface area contributed by atoms with Crippen molar-refractivity contribution in [3.05, 3.63) is 58.5 Å². The van der Waals surface area contributed by atoms with Gasteiger partial charge >= 0.3 is 0 Å². The molecule has 0 unspecified atom stereocenters. The molecule has 1 saturated heterocycles. The monoisotopic (exact) mass is 438 g/mol. The Balaban J connectivity index is 1.70. The molecular formula is C25H30N2O3S. The lowest BCUT2D eigenvalue weighted by atomic mass is 10.2. The van der Waals surface area contributed by atoms with Crippen molar-refractivity contribution >= 4 is 34.6 Å². The van der Waals surface area contributed by atoms with Gasteiger partial charge in [0.05, 0.1) is 23.8 Å². The summed E-state index contributed by atoms with van der Waals surface area (Å²) in [5.74, 6) is 1.29. The van der Waals surface area contributed by atoms with Crippen LogP contribution in [0, 0.1) is 6.92 Å². The van der Waals surface area contributed by atoms with E-state index in [1.165, 1.54) is 36.6 Å². The van der Waals surface area contributed by atoms with Crippen LogP contribution in [-0.4, -0.2) is 24.3 Å². The average Bonchev–Trinajstić information content (AvgIpc) is 3.09. The zero-order valence-electron chi connectivity index (χ0n) is 18.4. The summed E-state index contributed by atoms with van der Waals surface area (Å²) in [7, 11) is 0. The summed E-state index contributed by atoms with van der Waals surface area (Å²) < 4.78 is 11.7. The van der Waals surface area contributed by atoms with Crippen molar-refractivity contribution in [3.8, 4) is 11.5 Å². The van der Waals surface area contributed by atoms with Crippen LogP contribution in [0.2, 0.25) is 0 Å². The predicted molar refractivity (Wildman–Crippen MR) is 129 cm³/mol. The number of benzene rings is 2. The number of carbonyl (C=O) groups excluding carboxylic acids is 1. The number of hydrogen-bond donors (Lipinski definition) is 1. The topological polar surface area (TPSA) is 59.9 Å². The normalized spacial score (nSPS) is 16.0. The number of nitrogens with zero attached hydrogens (tertiary/aromatic N) is 1.